The second-order valence-electron chi connectivity index (χ2n) is 6.97. The minimum absolute atomic E-state index is 0. The first kappa shape index (κ1) is 23.8. The summed E-state index contributed by atoms with van der Waals surface area (Å²) in [5.74, 6) is -0.487. The van der Waals surface area contributed by atoms with Gasteiger partial charge in [-0.15, -0.1) is 11.8 Å². The number of hydrogen-bond acceptors (Lipinski definition) is 6. The Balaban J connectivity index is 0.00000289. The Bertz CT molecular complexity index is 1300. The molecule has 152 valence electrons. The fourth-order valence-electron chi connectivity index (χ4n) is 3.45. The molecule has 0 radical (unpaired) electrons. The van der Waals surface area contributed by atoms with Gasteiger partial charge in [-0.25, -0.2) is 0 Å². The largest absolute Gasteiger partial charge is 1.00 e. The summed E-state index contributed by atoms with van der Waals surface area (Å²) in [5.41, 5.74) is 3.78. The smallest absolute Gasteiger partial charge is 0.545 e. The molecule has 32 heavy (non-hydrogen) atoms. The number of carbonyl (C=O) groups is 1. The van der Waals surface area contributed by atoms with Gasteiger partial charge in [0.2, 0.25) is 0 Å². The van der Waals surface area contributed by atoms with Crippen molar-refractivity contribution in [3.8, 4) is 6.07 Å². The maximum atomic E-state index is 10.9. The number of carbonyl (C=O) groups excluding carboxylic acids is 1. The Morgan fingerprint density at radius 2 is 1.75 bits per heavy atom. The topological polar surface area (TPSA) is 80.1 Å². The molecule has 4 aromatic rings. The molecule has 0 bridgehead atoms. The van der Waals surface area contributed by atoms with Gasteiger partial charge in [0.05, 0.1) is 29.5 Å². The SMILES string of the molecule is CN(c1cnccc1SCc1ccc(C(=O)[O-])cc1)c1ccc(C#N)c2ccccc12.[Na+]. The molecule has 0 spiro atoms. The van der Waals surface area contributed by atoms with Gasteiger partial charge < -0.3 is 14.8 Å². The van der Waals surface area contributed by atoms with E-state index in [0.29, 0.717) is 11.3 Å². The van der Waals surface area contributed by atoms with E-state index in [4.69, 9.17) is 0 Å². The Kier molecular flexibility index (Phi) is 7.94. The first-order chi connectivity index (χ1) is 15.1. The molecule has 3 aromatic carbocycles. The van der Waals surface area contributed by atoms with Crippen molar-refractivity contribution in [2.24, 2.45) is 0 Å². The number of anilines is 2. The molecule has 0 N–H and O–H groups in total. The van der Waals surface area contributed by atoms with Crippen LogP contribution in [-0.4, -0.2) is 18.0 Å². The van der Waals surface area contributed by atoms with E-state index in [9.17, 15) is 15.2 Å². The van der Waals surface area contributed by atoms with Crippen LogP contribution in [0.15, 0.2) is 84.0 Å². The van der Waals surface area contributed by atoms with Gasteiger partial charge in [-0.3, -0.25) is 4.98 Å². The van der Waals surface area contributed by atoms with E-state index in [2.05, 4.69) is 16.0 Å². The predicted molar refractivity (Wildman–Crippen MR) is 121 cm³/mol. The second-order valence-corrected chi connectivity index (χ2v) is 7.98. The predicted octanol–water partition coefficient (Wildman–Crippen LogP) is 1.53. The van der Waals surface area contributed by atoms with Gasteiger partial charge in [-0.2, -0.15) is 5.26 Å². The number of nitriles is 1. The van der Waals surface area contributed by atoms with E-state index in [1.54, 1.807) is 42.2 Å². The van der Waals surface area contributed by atoms with Gasteiger partial charge in [0.15, 0.2) is 0 Å². The summed E-state index contributed by atoms with van der Waals surface area (Å²) in [7, 11) is 1.99. The van der Waals surface area contributed by atoms with Gasteiger partial charge in [-0.05, 0) is 29.3 Å². The van der Waals surface area contributed by atoms with Crippen molar-refractivity contribution in [1.29, 1.82) is 5.26 Å². The van der Waals surface area contributed by atoms with Crippen LogP contribution in [0.1, 0.15) is 21.5 Å². The maximum absolute atomic E-state index is 10.9. The standard InChI is InChI=1S/C25H19N3O2S.Na/c1-28(22-11-10-19(14-26)20-4-2-3-5-21(20)22)23-15-27-13-12-24(23)31-16-17-6-8-18(9-7-17)25(29)30;/h2-13,15H,16H2,1H3,(H,29,30);/q;+1/p-1. The Labute approximate surface area is 213 Å². The van der Waals surface area contributed by atoms with E-state index >= 15 is 0 Å². The Hall–Kier alpha value is -2.82. The molecular formula is C25H18N3NaO2S. The van der Waals surface area contributed by atoms with E-state index in [0.717, 1.165) is 32.6 Å². The Morgan fingerprint density at radius 1 is 1.03 bits per heavy atom. The molecule has 1 aromatic heterocycles. The molecular weight excluding hydrogens is 429 g/mol. The van der Waals surface area contributed by atoms with Crippen LogP contribution in [-0.2, 0) is 5.75 Å². The average molecular weight is 447 g/mol. The zero-order valence-corrected chi connectivity index (χ0v) is 20.6. The van der Waals surface area contributed by atoms with Crippen LogP contribution in [0.3, 0.4) is 0 Å². The molecule has 0 saturated heterocycles. The molecule has 7 heteroatoms. The molecule has 1 heterocycles. The summed E-state index contributed by atoms with van der Waals surface area (Å²) in [5, 5.41) is 22.3. The summed E-state index contributed by atoms with van der Waals surface area (Å²) in [4.78, 5) is 18.4. The van der Waals surface area contributed by atoms with Gasteiger partial charge in [0, 0.05) is 40.4 Å². The third kappa shape index (κ3) is 4.98. The van der Waals surface area contributed by atoms with Gasteiger partial charge in [-0.1, -0.05) is 48.5 Å². The van der Waals surface area contributed by atoms with Crippen LogP contribution < -0.4 is 39.6 Å². The summed E-state index contributed by atoms with van der Waals surface area (Å²) in [6.07, 6.45) is 3.59. The molecule has 5 nitrogen and oxygen atoms in total. The van der Waals surface area contributed by atoms with Crippen LogP contribution in [0.4, 0.5) is 11.4 Å². The van der Waals surface area contributed by atoms with E-state index in [-0.39, 0.29) is 35.1 Å². The number of pyridine rings is 1. The summed E-state index contributed by atoms with van der Waals surface area (Å²) >= 11 is 1.65. The van der Waals surface area contributed by atoms with Gasteiger partial charge in [0.25, 0.3) is 0 Å². The van der Waals surface area contributed by atoms with Crippen LogP contribution in [0.5, 0.6) is 0 Å². The molecule has 0 atom stereocenters. The number of carboxylic acids is 1. The van der Waals surface area contributed by atoms with Crippen molar-refractivity contribution < 1.29 is 39.5 Å². The molecule has 0 unspecified atom stereocenters. The molecule has 0 saturated carbocycles. The minimum atomic E-state index is -1.17. The first-order valence-electron chi connectivity index (χ1n) is 9.61. The third-order valence-corrected chi connectivity index (χ3v) is 6.22. The molecule has 0 aliphatic rings. The van der Waals surface area contributed by atoms with Crippen LogP contribution in [0.25, 0.3) is 10.8 Å². The van der Waals surface area contributed by atoms with Crippen LogP contribution in [0, 0.1) is 11.3 Å². The first-order valence-corrected chi connectivity index (χ1v) is 10.6. The number of benzene rings is 3. The fourth-order valence-corrected chi connectivity index (χ4v) is 4.46. The van der Waals surface area contributed by atoms with E-state index in [1.807, 2.05) is 55.7 Å². The molecule has 0 aliphatic heterocycles. The minimum Gasteiger partial charge on any atom is -0.545 e. The summed E-state index contributed by atoms with van der Waals surface area (Å²) in [6.45, 7) is 0. The molecule has 0 fully saturated rings. The third-order valence-electron chi connectivity index (χ3n) is 5.09. The quantitative estimate of drug-likeness (QED) is 0.330. The van der Waals surface area contributed by atoms with E-state index < -0.39 is 5.97 Å². The monoisotopic (exact) mass is 447 g/mol. The number of carboxylic acid groups (broad SMARTS) is 1. The second kappa shape index (κ2) is 10.7. The summed E-state index contributed by atoms with van der Waals surface area (Å²) < 4.78 is 0. The Morgan fingerprint density at radius 3 is 2.44 bits per heavy atom. The zero-order valence-electron chi connectivity index (χ0n) is 17.8. The van der Waals surface area contributed by atoms with Crippen molar-refractivity contribution in [2.45, 2.75) is 10.6 Å². The number of aromatic carboxylic acids is 1. The van der Waals surface area contributed by atoms with E-state index in [1.165, 1.54) is 0 Å². The maximum Gasteiger partial charge on any atom is 1.00 e. The number of nitrogens with zero attached hydrogens (tertiary/aromatic N) is 3. The number of aromatic nitrogens is 1. The zero-order chi connectivity index (χ0) is 21.8. The van der Waals surface area contributed by atoms with Crippen LogP contribution in [0.2, 0.25) is 0 Å². The van der Waals surface area contributed by atoms with Gasteiger partial charge in [0.1, 0.15) is 0 Å². The normalized spacial score (nSPS) is 10.2. The number of fused-ring (bicyclic) bond motifs is 1. The number of thioether (sulfide) groups is 1. The molecule has 0 amide bonds. The van der Waals surface area contributed by atoms with Crippen molar-refractivity contribution in [3.63, 3.8) is 0 Å². The van der Waals surface area contributed by atoms with Crippen molar-refractivity contribution in [2.75, 3.05) is 11.9 Å². The summed E-state index contributed by atoms with van der Waals surface area (Å²) in [6, 6.07) is 22.6. The molecule has 4 rings (SSSR count). The van der Waals surface area contributed by atoms with Crippen molar-refractivity contribution in [3.05, 3.63) is 95.8 Å². The van der Waals surface area contributed by atoms with Crippen molar-refractivity contribution in [1.82, 2.24) is 4.98 Å². The average Bonchev–Trinajstić information content (AvgIpc) is 2.82. The van der Waals surface area contributed by atoms with Gasteiger partial charge >= 0.3 is 29.6 Å². The van der Waals surface area contributed by atoms with Crippen LogP contribution >= 0.6 is 11.8 Å². The molecule has 0 aliphatic carbocycles. The fraction of sp³-hybridized carbons (Fsp3) is 0.0800. The number of hydrogen-bond donors (Lipinski definition) is 0. The van der Waals surface area contributed by atoms with Crippen molar-refractivity contribution >= 4 is 39.9 Å². The number of rotatable bonds is 6.